The van der Waals surface area contributed by atoms with Gasteiger partial charge in [0.2, 0.25) is 5.95 Å². The van der Waals surface area contributed by atoms with Gasteiger partial charge in [-0.15, -0.1) is 0 Å². The lowest BCUT2D eigenvalue weighted by Crippen LogP contribution is -1.97. The van der Waals surface area contributed by atoms with Crippen LogP contribution < -0.4 is 5.73 Å². The van der Waals surface area contributed by atoms with E-state index in [4.69, 9.17) is 28.9 Å². The zero-order chi connectivity index (χ0) is 12.7. The number of nitrogens with two attached hydrogens (primary N) is 1. The summed E-state index contributed by atoms with van der Waals surface area (Å²) in [7, 11) is 0. The maximum atomic E-state index is 5.98. The molecule has 0 unspecified atom stereocenters. The molecule has 0 amide bonds. The molecule has 0 radical (unpaired) electrons. The van der Waals surface area contributed by atoms with Gasteiger partial charge in [-0.25, -0.2) is 9.97 Å². The number of nitrogen functional groups attached to an aromatic ring is 1. The number of H-pyrrole nitrogens is 1. The summed E-state index contributed by atoms with van der Waals surface area (Å²) >= 11 is 12.0. The number of aromatic amines is 1. The van der Waals surface area contributed by atoms with E-state index in [1.807, 2.05) is 0 Å². The van der Waals surface area contributed by atoms with Crippen LogP contribution in [-0.2, 0) is 0 Å². The van der Waals surface area contributed by atoms with Gasteiger partial charge in [0.1, 0.15) is 11.2 Å². The first-order valence-corrected chi connectivity index (χ1v) is 5.82. The smallest absolute Gasteiger partial charge is 0.222 e. The number of aromatic nitrogens is 4. The topological polar surface area (TPSA) is 80.5 Å². The molecule has 2 aromatic heterocycles. The highest BCUT2D eigenvalue weighted by Crippen LogP contribution is 2.29. The summed E-state index contributed by atoms with van der Waals surface area (Å²) in [6, 6.07) is 5.17. The largest absolute Gasteiger partial charge is 0.368 e. The third-order valence-electron chi connectivity index (χ3n) is 2.44. The van der Waals surface area contributed by atoms with Gasteiger partial charge in [0.15, 0.2) is 5.65 Å². The molecule has 3 rings (SSSR count). The SMILES string of the molecule is Nc1nc(-c2cc(Cl)cc(Cl)c2)c2[nH]cnc2n1. The number of anilines is 1. The van der Waals surface area contributed by atoms with E-state index < -0.39 is 0 Å². The average molecular weight is 280 g/mol. The molecule has 18 heavy (non-hydrogen) atoms. The van der Waals surface area contributed by atoms with Crippen molar-refractivity contribution in [1.82, 2.24) is 19.9 Å². The number of imidazole rings is 1. The summed E-state index contributed by atoms with van der Waals surface area (Å²) in [4.78, 5) is 15.3. The van der Waals surface area contributed by atoms with Gasteiger partial charge in [-0.3, -0.25) is 0 Å². The van der Waals surface area contributed by atoms with Crippen molar-refractivity contribution in [3.05, 3.63) is 34.6 Å². The highest BCUT2D eigenvalue weighted by Gasteiger charge is 2.11. The fraction of sp³-hybridized carbons (Fsp3) is 0. The van der Waals surface area contributed by atoms with Crippen LogP contribution in [0.2, 0.25) is 10.0 Å². The highest BCUT2D eigenvalue weighted by atomic mass is 35.5. The Balaban J connectivity index is 2.33. The first-order valence-electron chi connectivity index (χ1n) is 5.06. The van der Waals surface area contributed by atoms with Crippen LogP contribution in [0.3, 0.4) is 0 Å². The second-order valence-corrected chi connectivity index (χ2v) is 4.56. The molecule has 0 spiro atoms. The fourth-order valence-electron chi connectivity index (χ4n) is 1.75. The van der Waals surface area contributed by atoms with E-state index in [-0.39, 0.29) is 5.95 Å². The zero-order valence-electron chi connectivity index (χ0n) is 8.98. The number of rotatable bonds is 1. The lowest BCUT2D eigenvalue weighted by molar-refractivity contribution is 1.22. The van der Waals surface area contributed by atoms with E-state index in [9.17, 15) is 0 Å². The Hall–Kier alpha value is -1.85. The van der Waals surface area contributed by atoms with Crippen molar-refractivity contribution < 1.29 is 0 Å². The quantitative estimate of drug-likeness (QED) is 0.718. The van der Waals surface area contributed by atoms with E-state index in [1.165, 1.54) is 6.33 Å². The van der Waals surface area contributed by atoms with E-state index in [0.29, 0.717) is 26.9 Å². The Kier molecular flexibility index (Phi) is 2.57. The van der Waals surface area contributed by atoms with Crippen molar-refractivity contribution in [2.75, 3.05) is 5.73 Å². The lowest BCUT2D eigenvalue weighted by atomic mass is 10.1. The van der Waals surface area contributed by atoms with Crippen LogP contribution in [-0.4, -0.2) is 19.9 Å². The molecule has 3 N–H and O–H groups in total. The molecular formula is C11H7Cl2N5. The maximum absolute atomic E-state index is 5.98. The Labute approximate surface area is 112 Å². The van der Waals surface area contributed by atoms with Crippen LogP contribution >= 0.6 is 23.2 Å². The van der Waals surface area contributed by atoms with Gasteiger partial charge in [0, 0.05) is 15.6 Å². The minimum absolute atomic E-state index is 0.153. The summed E-state index contributed by atoms with van der Waals surface area (Å²) in [5.74, 6) is 0.153. The van der Waals surface area contributed by atoms with E-state index >= 15 is 0 Å². The summed E-state index contributed by atoms with van der Waals surface area (Å²) in [5.41, 5.74) is 8.24. The van der Waals surface area contributed by atoms with E-state index in [2.05, 4.69) is 19.9 Å². The summed E-state index contributed by atoms with van der Waals surface area (Å²) in [6.45, 7) is 0. The predicted octanol–water partition coefficient (Wildman–Crippen LogP) is 2.91. The highest BCUT2D eigenvalue weighted by molar-refractivity contribution is 6.35. The normalized spacial score (nSPS) is 11.0. The maximum Gasteiger partial charge on any atom is 0.222 e. The molecule has 0 fully saturated rings. The van der Waals surface area contributed by atoms with Crippen molar-refractivity contribution in [2.24, 2.45) is 0 Å². The Morgan fingerprint density at radius 3 is 2.50 bits per heavy atom. The number of benzene rings is 1. The molecule has 0 saturated heterocycles. The molecule has 90 valence electrons. The standard InChI is InChI=1S/C11H7Cl2N5/c12-6-1-5(2-7(13)3-6)8-9-10(16-4-15-9)18-11(14)17-8/h1-4H,(H3,14,15,16,17,18). The minimum Gasteiger partial charge on any atom is -0.368 e. The van der Waals surface area contributed by atoms with Gasteiger partial charge in [0.05, 0.1) is 6.33 Å². The van der Waals surface area contributed by atoms with Gasteiger partial charge in [0.25, 0.3) is 0 Å². The fourth-order valence-corrected chi connectivity index (χ4v) is 2.28. The molecule has 7 heteroatoms. The Morgan fingerprint density at radius 2 is 1.78 bits per heavy atom. The van der Waals surface area contributed by atoms with Crippen molar-refractivity contribution >= 4 is 40.3 Å². The lowest BCUT2D eigenvalue weighted by Gasteiger charge is -2.04. The van der Waals surface area contributed by atoms with Gasteiger partial charge in [-0.2, -0.15) is 4.98 Å². The van der Waals surface area contributed by atoms with Gasteiger partial charge >= 0.3 is 0 Å². The predicted molar refractivity (Wildman–Crippen MR) is 71.6 cm³/mol. The molecule has 5 nitrogen and oxygen atoms in total. The third kappa shape index (κ3) is 1.87. The Morgan fingerprint density at radius 1 is 1.06 bits per heavy atom. The van der Waals surface area contributed by atoms with Crippen LogP contribution in [0.15, 0.2) is 24.5 Å². The van der Waals surface area contributed by atoms with Crippen molar-refractivity contribution in [3.8, 4) is 11.3 Å². The summed E-state index contributed by atoms with van der Waals surface area (Å²) in [5, 5.41) is 1.06. The first kappa shape index (κ1) is 11.3. The number of nitrogens with zero attached hydrogens (tertiary/aromatic N) is 3. The van der Waals surface area contributed by atoms with Crippen molar-refractivity contribution in [2.45, 2.75) is 0 Å². The number of hydrogen-bond donors (Lipinski definition) is 2. The van der Waals surface area contributed by atoms with Crippen LogP contribution in [0.1, 0.15) is 0 Å². The monoisotopic (exact) mass is 279 g/mol. The number of fused-ring (bicyclic) bond motifs is 1. The molecule has 0 bridgehead atoms. The molecule has 0 aliphatic carbocycles. The van der Waals surface area contributed by atoms with Crippen molar-refractivity contribution in [3.63, 3.8) is 0 Å². The molecule has 0 aliphatic rings. The minimum atomic E-state index is 0.153. The van der Waals surface area contributed by atoms with E-state index in [1.54, 1.807) is 18.2 Å². The molecule has 2 heterocycles. The van der Waals surface area contributed by atoms with Gasteiger partial charge in [-0.1, -0.05) is 23.2 Å². The van der Waals surface area contributed by atoms with Gasteiger partial charge in [-0.05, 0) is 18.2 Å². The molecule has 0 saturated carbocycles. The number of nitrogens with one attached hydrogen (secondary N) is 1. The summed E-state index contributed by atoms with van der Waals surface area (Å²) in [6.07, 6.45) is 1.54. The second-order valence-electron chi connectivity index (χ2n) is 3.69. The zero-order valence-corrected chi connectivity index (χ0v) is 10.5. The number of halogens is 2. The second kappa shape index (κ2) is 4.12. The molecule has 3 aromatic rings. The first-order chi connectivity index (χ1) is 8.63. The molecule has 0 aliphatic heterocycles. The molecular weight excluding hydrogens is 273 g/mol. The van der Waals surface area contributed by atoms with E-state index in [0.717, 1.165) is 5.56 Å². The van der Waals surface area contributed by atoms with Crippen LogP contribution in [0.5, 0.6) is 0 Å². The van der Waals surface area contributed by atoms with Crippen molar-refractivity contribution in [1.29, 1.82) is 0 Å². The third-order valence-corrected chi connectivity index (χ3v) is 2.88. The molecule has 0 atom stereocenters. The van der Waals surface area contributed by atoms with Crippen LogP contribution in [0.4, 0.5) is 5.95 Å². The van der Waals surface area contributed by atoms with Gasteiger partial charge < -0.3 is 10.7 Å². The molecule has 1 aromatic carbocycles. The van der Waals surface area contributed by atoms with Crippen LogP contribution in [0, 0.1) is 0 Å². The number of hydrogen-bond acceptors (Lipinski definition) is 4. The van der Waals surface area contributed by atoms with Crippen LogP contribution in [0.25, 0.3) is 22.4 Å². The Bertz CT molecular complexity index is 717. The summed E-state index contributed by atoms with van der Waals surface area (Å²) < 4.78 is 0. The average Bonchev–Trinajstić information content (AvgIpc) is 2.74.